The van der Waals surface area contributed by atoms with Crippen molar-refractivity contribution in [3.63, 3.8) is 0 Å². The quantitative estimate of drug-likeness (QED) is 0.505. The molecule has 3 rings (SSSR count). The highest BCUT2D eigenvalue weighted by Gasteiger charge is 2.53. The number of imide groups is 1. The minimum Gasteiger partial charge on any atom is -0.494 e. The van der Waals surface area contributed by atoms with Crippen molar-refractivity contribution >= 4 is 40.8 Å². The highest BCUT2D eigenvalue weighted by Crippen LogP contribution is 2.35. The van der Waals surface area contributed by atoms with E-state index in [2.05, 4.69) is 4.98 Å². The first-order chi connectivity index (χ1) is 13.3. The smallest absolute Gasteiger partial charge is 0.332 e. The van der Waals surface area contributed by atoms with Gasteiger partial charge >= 0.3 is 6.03 Å². The Bertz CT molecular complexity index is 884. The molecule has 1 saturated heterocycles. The van der Waals surface area contributed by atoms with Gasteiger partial charge in [0.1, 0.15) is 21.6 Å². The lowest BCUT2D eigenvalue weighted by Gasteiger charge is -2.28. The zero-order valence-corrected chi connectivity index (χ0v) is 17.4. The summed E-state index contributed by atoms with van der Waals surface area (Å²) in [7, 11) is 1.61. The maximum Gasteiger partial charge on any atom is 0.332 e. The molecule has 1 aromatic carbocycles. The van der Waals surface area contributed by atoms with Crippen LogP contribution in [0.1, 0.15) is 25.8 Å². The summed E-state index contributed by atoms with van der Waals surface area (Å²) in [5.74, 6) is 0.435. The van der Waals surface area contributed by atoms with Crippen molar-refractivity contribution in [2.24, 2.45) is 0 Å². The predicted molar refractivity (Wildman–Crippen MR) is 109 cm³/mol. The van der Waals surface area contributed by atoms with Crippen LogP contribution in [0.5, 0.6) is 5.75 Å². The molecule has 148 valence electrons. The van der Waals surface area contributed by atoms with Crippen LogP contribution in [0.25, 0.3) is 0 Å². The molecule has 1 fully saturated rings. The summed E-state index contributed by atoms with van der Waals surface area (Å²) >= 11 is 11.9. The van der Waals surface area contributed by atoms with E-state index in [9.17, 15) is 9.59 Å². The maximum atomic E-state index is 13.2. The molecule has 0 spiro atoms. The fraction of sp³-hybridized carbons (Fsp3) is 0.350. The Kier molecular flexibility index (Phi) is 5.82. The Balaban J connectivity index is 1.86. The molecule has 28 heavy (non-hydrogen) atoms. The minimum atomic E-state index is -1.04. The molecule has 1 unspecified atom stereocenters. The Labute approximate surface area is 174 Å². The van der Waals surface area contributed by atoms with Gasteiger partial charge in [-0.15, -0.1) is 0 Å². The van der Waals surface area contributed by atoms with Gasteiger partial charge in [0, 0.05) is 13.5 Å². The number of ether oxygens (including phenoxy) is 1. The van der Waals surface area contributed by atoms with E-state index in [4.69, 9.17) is 27.9 Å². The minimum absolute atomic E-state index is 0.113. The van der Waals surface area contributed by atoms with Crippen LogP contribution in [0.2, 0.25) is 10.3 Å². The molecule has 0 aliphatic carbocycles. The molecular formula is C20H21Cl2N3O3. The Morgan fingerprint density at radius 2 is 1.71 bits per heavy atom. The van der Waals surface area contributed by atoms with E-state index < -0.39 is 11.6 Å². The molecule has 1 aromatic heterocycles. The van der Waals surface area contributed by atoms with Gasteiger partial charge < -0.3 is 9.64 Å². The van der Waals surface area contributed by atoms with Crippen LogP contribution in [0, 0.1) is 0 Å². The topological polar surface area (TPSA) is 62.7 Å². The van der Waals surface area contributed by atoms with E-state index in [1.54, 1.807) is 14.0 Å². The van der Waals surface area contributed by atoms with Gasteiger partial charge in [-0.1, -0.05) is 42.3 Å². The number of likely N-dealkylation sites (N-methyl/N-ethyl adjacent to an activating group) is 1. The van der Waals surface area contributed by atoms with Gasteiger partial charge in [0.2, 0.25) is 0 Å². The lowest BCUT2D eigenvalue weighted by atomic mass is 9.91. The normalized spacial score (nSPS) is 19.5. The number of rotatable bonds is 6. The summed E-state index contributed by atoms with van der Waals surface area (Å²) < 4.78 is 5.59. The molecular weight excluding hydrogens is 401 g/mol. The van der Waals surface area contributed by atoms with Crippen LogP contribution < -0.4 is 9.64 Å². The van der Waals surface area contributed by atoms with E-state index in [1.165, 1.54) is 17.0 Å². The van der Waals surface area contributed by atoms with Gasteiger partial charge in [0.25, 0.3) is 5.91 Å². The van der Waals surface area contributed by atoms with Gasteiger partial charge in [-0.3, -0.25) is 4.79 Å². The Morgan fingerprint density at radius 1 is 1.11 bits per heavy atom. The highest BCUT2D eigenvalue weighted by atomic mass is 35.5. The Morgan fingerprint density at radius 3 is 2.29 bits per heavy atom. The summed E-state index contributed by atoms with van der Waals surface area (Å²) in [4.78, 5) is 32.4. The van der Waals surface area contributed by atoms with Crippen LogP contribution >= 0.6 is 23.2 Å². The van der Waals surface area contributed by atoms with Crippen molar-refractivity contribution in [3.05, 3.63) is 52.3 Å². The molecule has 2 aromatic rings. The first-order valence-corrected chi connectivity index (χ1v) is 9.69. The molecule has 6 nitrogen and oxygen atoms in total. The number of halogens is 2. The number of amides is 3. The number of anilines is 1. The van der Waals surface area contributed by atoms with Gasteiger partial charge in [-0.05, 0) is 43.2 Å². The summed E-state index contributed by atoms with van der Waals surface area (Å²) in [5.41, 5.74) is 0.191. The van der Waals surface area contributed by atoms with E-state index >= 15 is 0 Å². The monoisotopic (exact) mass is 421 g/mol. The predicted octanol–water partition coefficient (Wildman–Crippen LogP) is 4.58. The van der Waals surface area contributed by atoms with Crippen molar-refractivity contribution in [2.45, 2.75) is 32.2 Å². The van der Waals surface area contributed by atoms with E-state index in [0.717, 1.165) is 22.6 Å². The van der Waals surface area contributed by atoms with Crippen LogP contribution in [0.4, 0.5) is 10.5 Å². The number of carbonyl (C=O) groups is 2. The summed E-state index contributed by atoms with van der Waals surface area (Å²) in [6.45, 7) is 4.45. The Hall–Kier alpha value is -2.31. The first kappa shape index (κ1) is 20.4. The lowest BCUT2D eigenvalue weighted by molar-refractivity contribution is -0.123. The number of hydrogen-bond acceptors (Lipinski definition) is 4. The molecule has 8 heteroatoms. The molecule has 2 heterocycles. The van der Waals surface area contributed by atoms with E-state index in [1.807, 2.05) is 31.2 Å². The van der Waals surface area contributed by atoms with Crippen molar-refractivity contribution in [1.82, 2.24) is 9.88 Å². The molecule has 0 bridgehead atoms. The number of benzene rings is 1. The van der Waals surface area contributed by atoms with Gasteiger partial charge in [0.05, 0.1) is 12.3 Å². The summed E-state index contributed by atoms with van der Waals surface area (Å²) in [6.07, 6.45) is 1.30. The standard InChI is InChI=1S/C20H21Cl2N3O3/c1-4-9-28-15-7-5-13(6-8-15)12-20(2)18(26)25(19(27)24(20)3)14-10-16(21)23-17(22)11-14/h5-8,10-11H,4,9,12H2,1-3H3. The number of hydrogen-bond donors (Lipinski definition) is 0. The maximum absolute atomic E-state index is 13.2. The van der Waals surface area contributed by atoms with Crippen molar-refractivity contribution in [2.75, 3.05) is 18.6 Å². The average Bonchev–Trinajstić information content (AvgIpc) is 2.81. The third-order valence-electron chi connectivity index (χ3n) is 4.83. The second-order valence-electron chi connectivity index (χ2n) is 6.90. The number of nitrogens with zero attached hydrogens (tertiary/aromatic N) is 3. The van der Waals surface area contributed by atoms with Gasteiger partial charge in [-0.2, -0.15) is 0 Å². The second-order valence-corrected chi connectivity index (χ2v) is 7.67. The zero-order chi connectivity index (χ0) is 20.5. The van der Waals surface area contributed by atoms with Gasteiger partial charge in [-0.25, -0.2) is 14.7 Å². The van der Waals surface area contributed by atoms with Crippen molar-refractivity contribution in [3.8, 4) is 5.75 Å². The third-order valence-corrected chi connectivity index (χ3v) is 5.22. The zero-order valence-electron chi connectivity index (χ0n) is 15.9. The van der Waals surface area contributed by atoms with Crippen LogP contribution in [-0.2, 0) is 11.2 Å². The van der Waals surface area contributed by atoms with Crippen LogP contribution in [0.15, 0.2) is 36.4 Å². The highest BCUT2D eigenvalue weighted by molar-refractivity contribution is 6.33. The van der Waals surface area contributed by atoms with Crippen molar-refractivity contribution in [1.29, 1.82) is 0 Å². The number of pyridine rings is 1. The van der Waals surface area contributed by atoms with E-state index in [0.29, 0.717) is 18.7 Å². The first-order valence-electron chi connectivity index (χ1n) is 8.93. The molecule has 1 aliphatic heterocycles. The van der Waals surface area contributed by atoms with Crippen LogP contribution in [0.3, 0.4) is 0 Å². The fourth-order valence-corrected chi connectivity index (χ4v) is 3.61. The van der Waals surface area contributed by atoms with Crippen molar-refractivity contribution < 1.29 is 14.3 Å². The fourth-order valence-electron chi connectivity index (χ4n) is 3.16. The number of carbonyl (C=O) groups excluding carboxylic acids is 2. The van der Waals surface area contributed by atoms with E-state index in [-0.39, 0.29) is 16.2 Å². The molecule has 0 saturated carbocycles. The third kappa shape index (κ3) is 3.80. The second kappa shape index (κ2) is 7.97. The molecule has 0 radical (unpaired) electrons. The molecule has 1 atom stereocenters. The van der Waals surface area contributed by atoms with Crippen LogP contribution in [-0.4, -0.2) is 41.0 Å². The average molecular weight is 422 g/mol. The van der Waals surface area contributed by atoms with Gasteiger partial charge in [0.15, 0.2) is 0 Å². The molecule has 0 N–H and O–H groups in total. The lowest BCUT2D eigenvalue weighted by Crippen LogP contribution is -2.47. The number of urea groups is 1. The largest absolute Gasteiger partial charge is 0.494 e. The number of aromatic nitrogens is 1. The SMILES string of the molecule is CCCOc1ccc(CC2(C)C(=O)N(c3cc(Cl)nc(Cl)c3)C(=O)N2C)cc1. The summed E-state index contributed by atoms with van der Waals surface area (Å²) in [5, 5.41) is 0.226. The molecule has 3 amide bonds. The molecule has 1 aliphatic rings. The summed E-state index contributed by atoms with van der Waals surface area (Å²) in [6, 6.07) is 10.0.